The summed E-state index contributed by atoms with van der Waals surface area (Å²) in [6, 6.07) is 7.10. The van der Waals surface area contributed by atoms with Crippen molar-refractivity contribution in [3.8, 4) is 16.9 Å². The van der Waals surface area contributed by atoms with E-state index in [-0.39, 0.29) is 5.69 Å². The molecule has 0 bridgehead atoms. The summed E-state index contributed by atoms with van der Waals surface area (Å²) in [5.74, 6) is -0.610. The highest BCUT2D eigenvalue weighted by molar-refractivity contribution is 5.90. The van der Waals surface area contributed by atoms with Gasteiger partial charge in [0.25, 0.3) is 5.91 Å². The van der Waals surface area contributed by atoms with E-state index in [4.69, 9.17) is 5.73 Å². The smallest absolute Gasteiger partial charge is 0.267 e. The Hall–Kier alpha value is -3.33. The maximum atomic E-state index is 11.3. The van der Waals surface area contributed by atoms with Gasteiger partial charge in [0.15, 0.2) is 0 Å². The van der Waals surface area contributed by atoms with Crippen LogP contribution >= 0.6 is 0 Å². The molecular weight excluding hydrogens is 380 g/mol. The molecule has 1 fully saturated rings. The van der Waals surface area contributed by atoms with E-state index in [1.807, 2.05) is 12.4 Å². The molecule has 1 amide bonds. The Morgan fingerprint density at radius 3 is 2.63 bits per heavy atom. The van der Waals surface area contributed by atoms with Crippen LogP contribution in [0.4, 0.5) is 5.69 Å². The fraction of sp³-hybridized carbons (Fsp3) is 0.381. The van der Waals surface area contributed by atoms with Crippen LogP contribution < -0.4 is 10.6 Å². The van der Waals surface area contributed by atoms with Crippen molar-refractivity contribution in [2.24, 2.45) is 5.73 Å². The predicted octanol–water partition coefficient (Wildman–Crippen LogP) is 1.46. The molecule has 9 heteroatoms. The van der Waals surface area contributed by atoms with Crippen molar-refractivity contribution in [1.82, 2.24) is 29.9 Å². The minimum atomic E-state index is -0.610. The normalized spacial score (nSPS) is 15.0. The highest BCUT2D eigenvalue weighted by Crippen LogP contribution is 2.24. The van der Waals surface area contributed by atoms with Crippen LogP contribution in [0, 0.1) is 13.0 Å². The summed E-state index contributed by atoms with van der Waals surface area (Å²) in [5.41, 5.74) is 9.37. The van der Waals surface area contributed by atoms with Gasteiger partial charge in [-0.3, -0.25) is 14.7 Å². The molecule has 3 aromatic rings. The number of carbonyl (C=O) groups is 1. The van der Waals surface area contributed by atoms with Crippen LogP contribution in [0.15, 0.2) is 30.7 Å². The number of aromatic nitrogens is 5. The summed E-state index contributed by atoms with van der Waals surface area (Å²) in [4.78, 5) is 24.7. The van der Waals surface area contributed by atoms with Crippen molar-refractivity contribution in [2.75, 3.05) is 31.1 Å². The fourth-order valence-electron chi connectivity index (χ4n) is 3.61. The first-order chi connectivity index (χ1) is 14.4. The van der Waals surface area contributed by atoms with E-state index in [2.05, 4.69) is 56.1 Å². The van der Waals surface area contributed by atoms with E-state index in [0.717, 1.165) is 37.4 Å². The van der Waals surface area contributed by atoms with Crippen LogP contribution in [0.3, 0.4) is 0 Å². The number of pyridine rings is 2. The predicted molar refractivity (Wildman–Crippen MR) is 113 cm³/mol. The highest BCUT2D eigenvalue weighted by Gasteiger charge is 2.20. The number of nitrogens with zero attached hydrogens (tertiary/aromatic N) is 7. The summed E-state index contributed by atoms with van der Waals surface area (Å²) in [7, 11) is 0. The fourth-order valence-corrected chi connectivity index (χ4v) is 3.61. The van der Waals surface area contributed by atoms with Crippen LogP contribution in [0.2, 0.25) is 0 Å². The lowest BCUT2D eigenvalue weighted by atomic mass is 10.2. The number of carbonyl (C=O) groups excluding carboxylic acids is 1. The standard InChI is InChI=1S/C21H25N8O/c1-14(2)27-6-8-28(9-7-27)17-10-16(11-23-12-17)19-13-29(26-25-19)20-5-4-18(21(22)30)24-15(20)3/h5,10-14H,6-9H2,1-3H3,(H2,22,30). The average molecular weight is 405 g/mol. The molecule has 155 valence electrons. The van der Waals surface area contributed by atoms with Crippen LogP contribution in [-0.4, -0.2) is 68.0 Å². The summed E-state index contributed by atoms with van der Waals surface area (Å²) >= 11 is 0. The first-order valence-electron chi connectivity index (χ1n) is 9.98. The lowest BCUT2D eigenvalue weighted by Crippen LogP contribution is -2.48. The third-order valence-electron chi connectivity index (χ3n) is 5.40. The molecule has 30 heavy (non-hydrogen) atoms. The van der Waals surface area contributed by atoms with Gasteiger partial charge in [-0.05, 0) is 32.9 Å². The lowest BCUT2D eigenvalue weighted by molar-refractivity contribution is 0.0995. The Balaban J connectivity index is 1.55. The van der Waals surface area contributed by atoms with E-state index in [1.165, 1.54) is 0 Å². The minimum absolute atomic E-state index is 0.103. The van der Waals surface area contributed by atoms with Crippen molar-refractivity contribution < 1.29 is 4.79 Å². The second-order valence-corrected chi connectivity index (χ2v) is 7.68. The molecule has 3 aromatic heterocycles. The maximum Gasteiger partial charge on any atom is 0.267 e. The Morgan fingerprint density at radius 2 is 1.97 bits per heavy atom. The number of piperazine rings is 1. The number of amides is 1. The van der Waals surface area contributed by atoms with Crippen molar-refractivity contribution in [1.29, 1.82) is 0 Å². The third-order valence-corrected chi connectivity index (χ3v) is 5.40. The number of hydrogen-bond donors (Lipinski definition) is 1. The van der Waals surface area contributed by atoms with E-state index in [0.29, 0.717) is 23.1 Å². The Morgan fingerprint density at radius 1 is 1.20 bits per heavy atom. The monoisotopic (exact) mass is 405 g/mol. The lowest BCUT2D eigenvalue weighted by Gasteiger charge is -2.38. The number of aryl methyl sites for hydroxylation is 1. The van der Waals surface area contributed by atoms with Crippen molar-refractivity contribution >= 4 is 11.6 Å². The number of anilines is 1. The first-order valence-corrected chi connectivity index (χ1v) is 9.98. The van der Waals surface area contributed by atoms with E-state index in [1.54, 1.807) is 23.9 Å². The number of primary amides is 1. The molecule has 1 aliphatic heterocycles. The molecule has 0 unspecified atom stereocenters. The molecule has 0 aliphatic carbocycles. The summed E-state index contributed by atoms with van der Waals surface area (Å²) in [6.45, 7) is 10.3. The van der Waals surface area contributed by atoms with Gasteiger partial charge in [0, 0.05) is 50.0 Å². The van der Waals surface area contributed by atoms with E-state index >= 15 is 0 Å². The van der Waals surface area contributed by atoms with Gasteiger partial charge >= 0.3 is 0 Å². The van der Waals surface area contributed by atoms with Gasteiger partial charge in [-0.1, -0.05) is 5.21 Å². The zero-order valence-electron chi connectivity index (χ0n) is 17.4. The first kappa shape index (κ1) is 20.0. The van der Waals surface area contributed by atoms with E-state index < -0.39 is 5.91 Å². The molecular formula is C21H25N8O. The third kappa shape index (κ3) is 4.02. The molecule has 4 rings (SSSR count). The molecule has 0 aromatic carbocycles. The zero-order valence-corrected chi connectivity index (χ0v) is 17.4. The topological polar surface area (TPSA) is 106 Å². The summed E-state index contributed by atoms with van der Waals surface area (Å²) in [6.07, 6.45) is 5.50. The molecule has 0 atom stereocenters. The van der Waals surface area contributed by atoms with Crippen LogP contribution in [-0.2, 0) is 0 Å². The van der Waals surface area contributed by atoms with Gasteiger partial charge in [0.05, 0.1) is 29.5 Å². The van der Waals surface area contributed by atoms with Crippen molar-refractivity contribution in [2.45, 2.75) is 26.8 Å². The van der Waals surface area contributed by atoms with Gasteiger partial charge in [-0.15, -0.1) is 5.10 Å². The van der Waals surface area contributed by atoms with Crippen molar-refractivity contribution in [3.63, 3.8) is 0 Å². The molecule has 1 aliphatic rings. The quantitative estimate of drug-likeness (QED) is 0.685. The molecule has 4 heterocycles. The zero-order chi connectivity index (χ0) is 21.3. The second kappa shape index (κ2) is 8.19. The summed E-state index contributed by atoms with van der Waals surface area (Å²) in [5, 5.41) is 8.51. The largest absolute Gasteiger partial charge is 0.368 e. The van der Waals surface area contributed by atoms with E-state index in [9.17, 15) is 4.79 Å². The van der Waals surface area contributed by atoms with Gasteiger partial charge in [-0.2, -0.15) is 0 Å². The molecule has 1 saturated heterocycles. The number of nitrogens with two attached hydrogens (primary N) is 1. The Kier molecular flexibility index (Phi) is 5.45. The number of rotatable bonds is 5. The Labute approximate surface area is 175 Å². The van der Waals surface area contributed by atoms with Gasteiger partial charge < -0.3 is 10.6 Å². The summed E-state index contributed by atoms with van der Waals surface area (Å²) < 4.78 is 1.62. The van der Waals surface area contributed by atoms with Gasteiger partial charge in [0.1, 0.15) is 11.4 Å². The molecule has 0 spiro atoms. The molecule has 9 nitrogen and oxygen atoms in total. The highest BCUT2D eigenvalue weighted by atomic mass is 16.1. The Bertz CT molecular complexity index is 1050. The van der Waals surface area contributed by atoms with Crippen LogP contribution in [0.1, 0.15) is 30.0 Å². The van der Waals surface area contributed by atoms with Crippen LogP contribution in [0.5, 0.6) is 0 Å². The van der Waals surface area contributed by atoms with Gasteiger partial charge in [-0.25, -0.2) is 9.67 Å². The minimum Gasteiger partial charge on any atom is -0.368 e. The average Bonchev–Trinajstić information content (AvgIpc) is 3.24. The van der Waals surface area contributed by atoms with Crippen molar-refractivity contribution in [3.05, 3.63) is 48.2 Å². The SMILES string of the molecule is Cc1nc(C(N)=O)[c]cc1-n1cc(-c2cncc(N3CCN(C(C)C)CC3)c2)nn1. The second-order valence-electron chi connectivity index (χ2n) is 7.68. The maximum absolute atomic E-state index is 11.3. The number of hydrogen-bond acceptors (Lipinski definition) is 7. The molecule has 0 saturated carbocycles. The van der Waals surface area contributed by atoms with Crippen LogP contribution in [0.25, 0.3) is 16.9 Å². The molecule has 1 radical (unpaired) electrons. The molecule has 2 N–H and O–H groups in total. The van der Waals surface area contributed by atoms with Gasteiger partial charge in [0.2, 0.25) is 0 Å².